The maximum atomic E-state index is 13.7. The summed E-state index contributed by atoms with van der Waals surface area (Å²) in [5, 5.41) is 3.44. The molecule has 6 heteroatoms. The predicted molar refractivity (Wildman–Crippen MR) is 95.8 cm³/mol. The van der Waals surface area contributed by atoms with E-state index in [9.17, 15) is 4.39 Å². The van der Waals surface area contributed by atoms with E-state index < -0.39 is 6.17 Å². The summed E-state index contributed by atoms with van der Waals surface area (Å²) >= 11 is 0. The lowest BCUT2D eigenvalue weighted by Crippen LogP contribution is -2.52. The van der Waals surface area contributed by atoms with Gasteiger partial charge in [-0.15, -0.1) is 0 Å². The summed E-state index contributed by atoms with van der Waals surface area (Å²) in [5.41, 5.74) is 8.60. The molecule has 1 unspecified atom stereocenters. The molecule has 2 aliphatic rings. The summed E-state index contributed by atoms with van der Waals surface area (Å²) in [6, 6.07) is 8.63. The molecule has 3 rings (SSSR count). The van der Waals surface area contributed by atoms with Gasteiger partial charge in [-0.3, -0.25) is 5.32 Å². The van der Waals surface area contributed by atoms with Gasteiger partial charge in [0.05, 0.1) is 0 Å². The summed E-state index contributed by atoms with van der Waals surface area (Å²) in [5.74, 6) is 1.46. The summed E-state index contributed by atoms with van der Waals surface area (Å²) in [7, 11) is 1.79. The monoisotopic (exact) mass is 331 g/mol. The number of amidine groups is 1. The minimum Gasteiger partial charge on any atom is -0.368 e. The Bertz CT molecular complexity index is 655. The highest BCUT2D eigenvalue weighted by Crippen LogP contribution is 2.35. The number of aryl methyl sites for hydroxylation is 1. The molecular weight excluding hydrogens is 305 g/mol. The number of nitrogens with two attached hydrogens (primary N) is 1. The van der Waals surface area contributed by atoms with Crippen LogP contribution in [-0.2, 0) is 6.42 Å². The van der Waals surface area contributed by atoms with Crippen molar-refractivity contribution in [3.63, 3.8) is 0 Å². The van der Waals surface area contributed by atoms with Crippen molar-refractivity contribution in [2.45, 2.75) is 45.1 Å². The van der Waals surface area contributed by atoms with Crippen molar-refractivity contribution < 1.29 is 4.39 Å². The SMILES string of the molecule is C[C@@H](F)C1=NC(N)=NC(NC[C@H]2c3ccccc3CC[C@@H]2C)N1C. The van der Waals surface area contributed by atoms with E-state index in [-0.39, 0.29) is 12.2 Å². The topological polar surface area (TPSA) is 66.0 Å². The lowest BCUT2D eigenvalue weighted by molar-refractivity contribution is 0.265. The molecule has 1 aliphatic carbocycles. The Morgan fingerprint density at radius 1 is 1.42 bits per heavy atom. The van der Waals surface area contributed by atoms with Gasteiger partial charge in [-0.2, -0.15) is 4.99 Å². The molecule has 0 aromatic heterocycles. The standard InChI is InChI=1S/C18H26FN5/c1-11-8-9-13-6-4-5-7-14(13)15(11)10-21-18-23-17(20)22-16(12(2)19)24(18)3/h4-7,11-12,15,18,21H,8-10H2,1-3H3,(H2,20,23)/t11-,12+,15+,18?/m0/s1. The first kappa shape index (κ1) is 16.9. The zero-order chi connectivity index (χ0) is 17.3. The summed E-state index contributed by atoms with van der Waals surface area (Å²) < 4.78 is 13.7. The van der Waals surface area contributed by atoms with Gasteiger partial charge in [0.2, 0.25) is 5.96 Å². The Morgan fingerprint density at radius 2 is 2.17 bits per heavy atom. The summed E-state index contributed by atoms with van der Waals surface area (Å²) in [6.07, 6.45) is 0.766. The van der Waals surface area contributed by atoms with Crippen molar-refractivity contribution >= 4 is 11.8 Å². The third-order valence-corrected chi connectivity index (χ3v) is 5.10. The normalized spacial score (nSPS) is 28.0. The Morgan fingerprint density at radius 3 is 2.92 bits per heavy atom. The molecule has 0 fully saturated rings. The highest BCUT2D eigenvalue weighted by atomic mass is 19.1. The number of halogens is 1. The van der Waals surface area contributed by atoms with E-state index in [2.05, 4.69) is 46.5 Å². The van der Waals surface area contributed by atoms with Crippen LogP contribution in [0.3, 0.4) is 0 Å². The Labute approximate surface area is 142 Å². The molecule has 0 saturated heterocycles. The van der Waals surface area contributed by atoms with Gasteiger partial charge in [0, 0.05) is 13.6 Å². The molecule has 0 saturated carbocycles. The maximum Gasteiger partial charge on any atom is 0.220 e. The van der Waals surface area contributed by atoms with Crippen LogP contribution in [0.4, 0.5) is 4.39 Å². The number of aliphatic imine (C=N–C) groups is 2. The van der Waals surface area contributed by atoms with E-state index in [1.165, 1.54) is 24.5 Å². The minimum absolute atomic E-state index is 0.127. The van der Waals surface area contributed by atoms with E-state index in [1.807, 2.05) is 0 Å². The number of fused-ring (bicyclic) bond motifs is 1. The number of guanidine groups is 1. The van der Waals surface area contributed by atoms with Gasteiger partial charge in [-0.25, -0.2) is 9.38 Å². The van der Waals surface area contributed by atoms with Crippen LogP contribution in [0.15, 0.2) is 34.3 Å². The molecule has 1 aromatic carbocycles. The summed E-state index contributed by atoms with van der Waals surface area (Å²) in [4.78, 5) is 10.1. The van der Waals surface area contributed by atoms with E-state index in [0.29, 0.717) is 17.7 Å². The molecule has 0 amide bonds. The van der Waals surface area contributed by atoms with Crippen LogP contribution in [0.1, 0.15) is 37.3 Å². The minimum atomic E-state index is -1.18. The molecular formula is C18H26FN5. The van der Waals surface area contributed by atoms with Gasteiger partial charge in [-0.1, -0.05) is 31.2 Å². The van der Waals surface area contributed by atoms with Gasteiger partial charge >= 0.3 is 0 Å². The lowest BCUT2D eigenvalue weighted by atomic mass is 9.76. The quantitative estimate of drug-likeness (QED) is 0.889. The van der Waals surface area contributed by atoms with Crippen molar-refractivity contribution in [3.05, 3.63) is 35.4 Å². The van der Waals surface area contributed by atoms with Crippen molar-refractivity contribution in [3.8, 4) is 0 Å². The van der Waals surface area contributed by atoms with Crippen LogP contribution in [-0.4, -0.2) is 42.7 Å². The maximum absolute atomic E-state index is 13.7. The van der Waals surface area contributed by atoms with E-state index in [1.54, 1.807) is 11.9 Å². The van der Waals surface area contributed by atoms with Crippen molar-refractivity contribution in [1.29, 1.82) is 0 Å². The number of nitrogens with one attached hydrogen (secondary N) is 1. The van der Waals surface area contributed by atoms with Crippen LogP contribution < -0.4 is 11.1 Å². The van der Waals surface area contributed by atoms with Crippen LogP contribution >= 0.6 is 0 Å². The molecule has 1 heterocycles. The second-order valence-corrected chi connectivity index (χ2v) is 6.79. The smallest absolute Gasteiger partial charge is 0.220 e. The fourth-order valence-electron chi connectivity index (χ4n) is 3.67. The first-order chi connectivity index (χ1) is 11.5. The number of alkyl halides is 1. The van der Waals surface area contributed by atoms with Crippen molar-refractivity contribution in [2.24, 2.45) is 21.6 Å². The van der Waals surface area contributed by atoms with Crippen LogP contribution in [0.25, 0.3) is 0 Å². The van der Waals surface area contributed by atoms with E-state index in [0.717, 1.165) is 13.0 Å². The molecule has 1 aromatic rings. The first-order valence-corrected chi connectivity index (χ1v) is 8.57. The number of hydrogen-bond donors (Lipinski definition) is 2. The van der Waals surface area contributed by atoms with Crippen molar-refractivity contribution in [2.75, 3.05) is 13.6 Å². The van der Waals surface area contributed by atoms with Gasteiger partial charge in [0.15, 0.2) is 12.5 Å². The van der Waals surface area contributed by atoms with Crippen molar-refractivity contribution in [1.82, 2.24) is 10.2 Å². The first-order valence-electron chi connectivity index (χ1n) is 8.57. The zero-order valence-corrected chi connectivity index (χ0v) is 14.5. The molecule has 3 N–H and O–H groups in total. The van der Waals surface area contributed by atoms with Crippen LogP contribution in [0.5, 0.6) is 0 Å². The number of nitrogens with zero attached hydrogens (tertiary/aromatic N) is 3. The van der Waals surface area contributed by atoms with E-state index in [4.69, 9.17) is 5.73 Å². The molecule has 24 heavy (non-hydrogen) atoms. The Kier molecular flexibility index (Phi) is 4.85. The molecule has 0 radical (unpaired) electrons. The summed E-state index contributed by atoms with van der Waals surface area (Å²) in [6.45, 7) is 4.53. The van der Waals surface area contributed by atoms with Crippen LogP contribution in [0, 0.1) is 5.92 Å². The third kappa shape index (κ3) is 3.29. The average Bonchev–Trinajstić information content (AvgIpc) is 2.56. The fourth-order valence-corrected chi connectivity index (χ4v) is 3.67. The molecule has 1 aliphatic heterocycles. The Hall–Kier alpha value is -1.95. The molecule has 130 valence electrons. The Balaban J connectivity index is 1.73. The number of benzene rings is 1. The second-order valence-electron chi connectivity index (χ2n) is 6.79. The molecule has 0 spiro atoms. The van der Waals surface area contributed by atoms with Gasteiger partial charge < -0.3 is 10.6 Å². The van der Waals surface area contributed by atoms with Crippen LogP contribution in [0.2, 0.25) is 0 Å². The van der Waals surface area contributed by atoms with Gasteiger partial charge in [0.1, 0.15) is 5.84 Å². The average molecular weight is 331 g/mol. The number of hydrogen-bond acceptors (Lipinski definition) is 5. The molecule has 4 atom stereocenters. The van der Waals surface area contributed by atoms with Gasteiger partial charge in [-0.05, 0) is 42.7 Å². The largest absolute Gasteiger partial charge is 0.368 e. The molecule has 0 bridgehead atoms. The highest BCUT2D eigenvalue weighted by molar-refractivity contribution is 5.99. The van der Waals surface area contributed by atoms with E-state index >= 15 is 0 Å². The zero-order valence-electron chi connectivity index (χ0n) is 14.5. The highest BCUT2D eigenvalue weighted by Gasteiger charge is 2.30. The second kappa shape index (κ2) is 6.89. The third-order valence-electron chi connectivity index (χ3n) is 5.10. The molecule has 5 nitrogen and oxygen atoms in total. The fraction of sp³-hybridized carbons (Fsp3) is 0.556. The lowest BCUT2D eigenvalue weighted by Gasteiger charge is -2.36. The number of rotatable bonds is 4. The predicted octanol–water partition coefficient (Wildman–Crippen LogP) is 2.24. The van der Waals surface area contributed by atoms with Gasteiger partial charge in [0.25, 0.3) is 0 Å².